The zero-order valence-corrected chi connectivity index (χ0v) is 21.1. The Morgan fingerprint density at radius 2 is 1.74 bits per heavy atom. The van der Waals surface area contributed by atoms with E-state index in [1.54, 1.807) is 0 Å². The topological polar surface area (TPSA) is 51.8 Å². The third-order valence-electron chi connectivity index (χ3n) is 7.34. The minimum Gasteiger partial charge on any atom is -0.299 e. The maximum atomic E-state index is 9.68. The van der Waals surface area contributed by atoms with Gasteiger partial charge in [-0.2, -0.15) is 5.26 Å². The van der Waals surface area contributed by atoms with Gasteiger partial charge in [-0.3, -0.25) is 9.89 Å². The molecule has 0 atom stereocenters. The molecule has 1 saturated heterocycles. The lowest BCUT2D eigenvalue weighted by atomic mass is 9.95. The number of nitrogens with zero attached hydrogens (tertiary/aromatic N) is 4. The van der Waals surface area contributed by atoms with Crippen LogP contribution < -0.4 is 0 Å². The zero-order chi connectivity index (χ0) is 24.4. The molecule has 0 spiro atoms. The van der Waals surface area contributed by atoms with E-state index in [-0.39, 0.29) is 0 Å². The highest BCUT2D eigenvalue weighted by Gasteiger charge is 2.20. The summed E-state index contributed by atoms with van der Waals surface area (Å²) in [7, 11) is 0. The van der Waals surface area contributed by atoms with Crippen LogP contribution in [0.4, 0.5) is 0 Å². The Morgan fingerprint density at radius 3 is 2.49 bits per heavy atom. The van der Waals surface area contributed by atoms with Gasteiger partial charge in [-0.1, -0.05) is 69.3 Å². The second-order valence-corrected chi connectivity index (χ2v) is 10.6. The van der Waals surface area contributed by atoms with Crippen molar-refractivity contribution < 1.29 is 0 Å². The van der Waals surface area contributed by atoms with Crippen LogP contribution in [0.25, 0.3) is 10.8 Å². The van der Waals surface area contributed by atoms with Crippen molar-refractivity contribution in [2.75, 3.05) is 19.6 Å². The molecule has 178 valence electrons. The molecule has 0 aromatic heterocycles. The molecule has 0 bridgehead atoms. The van der Waals surface area contributed by atoms with Gasteiger partial charge in [-0.05, 0) is 77.7 Å². The first-order valence-electron chi connectivity index (χ1n) is 12.9. The summed E-state index contributed by atoms with van der Waals surface area (Å²) >= 11 is 0. The number of fused-ring (bicyclic) bond motifs is 1. The second-order valence-electron chi connectivity index (χ2n) is 10.6. The van der Waals surface area contributed by atoms with E-state index in [1.807, 2.05) is 6.07 Å². The molecule has 2 aliphatic heterocycles. The predicted octanol–water partition coefficient (Wildman–Crippen LogP) is 6.39. The molecule has 0 radical (unpaired) electrons. The first-order valence-corrected chi connectivity index (χ1v) is 12.9. The molecule has 4 nitrogen and oxygen atoms in total. The maximum Gasteiger partial charge on any atom is 0.155 e. The molecule has 0 unspecified atom stereocenters. The second kappa shape index (κ2) is 10.1. The standard InChI is InChI=1S/C31H34N4/c1-21(2)16-23-8-9-24(17-26(23)18-32)30-19-33-31(34-30)29-11-10-25(27-6-4-5-7-28(27)29)20-35-14-12-22(3)13-15-35/h4-11,17,21-22H,12-16,19-20H2,1-3H3. The third kappa shape index (κ3) is 5.06. The van der Waals surface area contributed by atoms with Gasteiger partial charge in [0.2, 0.25) is 0 Å². The molecule has 3 aromatic rings. The van der Waals surface area contributed by atoms with Crippen LogP contribution >= 0.6 is 0 Å². The Hall–Kier alpha value is -3.29. The molecule has 1 fully saturated rings. The molecule has 0 saturated carbocycles. The predicted molar refractivity (Wildman–Crippen MR) is 145 cm³/mol. The van der Waals surface area contributed by atoms with Crippen molar-refractivity contribution in [2.45, 2.75) is 46.6 Å². The largest absolute Gasteiger partial charge is 0.299 e. The monoisotopic (exact) mass is 462 g/mol. The van der Waals surface area contributed by atoms with Crippen LogP contribution in [0.1, 0.15) is 61.4 Å². The molecule has 0 aliphatic carbocycles. The van der Waals surface area contributed by atoms with Crippen LogP contribution in [-0.2, 0) is 13.0 Å². The van der Waals surface area contributed by atoms with Gasteiger partial charge in [0.25, 0.3) is 0 Å². The van der Waals surface area contributed by atoms with Crippen molar-refractivity contribution in [1.82, 2.24) is 4.90 Å². The summed E-state index contributed by atoms with van der Waals surface area (Å²) < 4.78 is 0. The number of hydrogen-bond donors (Lipinski definition) is 0. The van der Waals surface area contributed by atoms with E-state index in [0.29, 0.717) is 12.5 Å². The molecule has 5 rings (SSSR count). The van der Waals surface area contributed by atoms with Crippen molar-refractivity contribution >= 4 is 22.3 Å². The minimum atomic E-state index is 0.515. The van der Waals surface area contributed by atoms with Crippen LogP contribution in [0.15, 0.2) is 64.6 Å². The molecule has 0 amide bonds. The summed E-state index contributed by atoms with van der Waals surface area (Å²) in [5, 5.41) is 12.2. The van der Waals surface area contributed by atoms with Crippen molar-refractivity contribution in [1.29, 1.82) is 5.26 Å². The molecule has 3 aromatic carbocycles. The third-order valence-corrected chi connectivity index (χ3v) is 7.34. The summed E-state index contributed by atoms with van der Waals surface area (Å²) in [4.78, 5) is 12.3. The number of hydrogen-bond acceptors (Lipinski definition) is 4. The van der Waals surface area contributed by atoms with Crippen molar-refractivity contribution in [3.63, 3.8) is 0 Å². The Balaban J connectivity index is 1.43. The van der Waals surface area contributed by atoms with Crippen LogP contribution in [0, 0.1) is 23.2 Å². The molecular weight excluding hydrogens is 428 g/mol. The Kier molecular flexibility index (Phi) is 6.79. The van der Waals surface area contributed by atoms with Gasteiger partial charge in [0.15, 0.2) is 5.84 Å². The van der Waals surface area contributed by atoms with Gasteiger partial charge in [-0.15, -0.1) is 0 Å². The molecule has 0 N–H and O–H groups in total. The maximum absolute atomic E-state index is 9.68. The van der Waals surface area contributed by atoms with Crippen LogP contribution in [0.3, 0.4) is 0 Å². The number of rotatable bonds is 6. The Bertz CT molecular complexity index is 1330. The molecule has 2 aliphatic rings. The molecule has 4 heteroatoms. The lowest BCUT2D eigenvalue weighted by molar-refractivity contribution is 0.186. The van der Waals surface area contributed by atoms with E-state index in [0.717, 1.165) is 52.7 Å². The SMILES string of the molecule is CC(C)Cc1ccc(C2=NC(c3ccc(CN4CCC(C)CC4)c4ccccc34)=NC2)cc1C#N. The minimum absolute atomic E-state index is 0.515. The van der Waals surface area contributed by atoms with E-state index in [1.165, 1.54) is 42.3 Å². The lowest BCUT2D eigenvalue weighted by Gasteiger charge is -2.30. The summed E-state index contributed by atoms with van der Waals surface area (Å²) in [5.41, 5.74) is 6.24. The summed E-state index contributed by atoms with van der Waals surface area (Å²) in [6.07, 6.45) is 3.48. The summed E-state index contributed by atoms with van der Waals surface area (Å²) in [5.74, 6) is 2.15. The van der Waals surface area contributed by atoms with Crippen LogP contribution in [0.2, 0.25) is 0 Å². The number of nitriles is 1. The van der Waals surface area contributed by atoms with Gasteiger partial charge in [-0.25, -0.2) is 4.99 Å². The first kappa shape index (κ1) is 23.5. The number of benzene rings is 3. The van der Waals surface area contributed by atoms with Crippen LogP contribution in [-0.4, -0.2) is 36.1 Å². The Morgan fingerprint density at radius 1 is 1.00 bits per heavy atom. The van der Waals surface area contributed by atoms with Crippen molar-refractivity contribution in [2.24, 2.45) is 21.8 Å². The van der Waals surface area contributed by atoms with Gasteiger partial charge < -0.3 is 0 Å². The fourth-order valence-electron chi connectivity index (χ4n) is 5.28. The number of aliphatic imine (C=N–C) groups is 2. The normalized spacial score (nSPS) is 17.0. The van der Waals surface area contributed by atoms with Crippen LogP contribution in [0.5, 0.6) is 0 Å². The fraction of sp³-hybridized carbons (Fsp3) is 0.387. The van der Waals surface area contributed by atoms with Gasteiger partial charge in [0, 0.05) is 12.1 Å². The fourth-order valence-corrected chi connectivity index (χ4v) is 5.28. The van der Waals surface area contributed by atoms with E-state index in [2.05, 4.69) is 80.3 Å². The molecular formula is C31H34N4. The van der Waals surface area contributed by atoms with Gasteiger partial charge in [0.1, 0.15) is 0 Å². The average Bonchev–Trinajstić information content (AvgIpc) is 3.35. The number of piperidine rings is 1. The lowest BCUT2D eigenvalue weighted by Crippen LogP contribution is -2.32. The highest BCUT2D eigenvalue weighted by atomic mass is 15.1. The van der Waals surface area contributed by atoms with E-state index in [4.69, 9.17) is 9.98 Å². The highest BCUT2D eigenvalue weighted by molar-refractivity contribution is 6.21. The highest BCUT2D eigenvalue weighted by Crippen LogP contribution is 2.28. The van der Waals surface area contributed by atoms with E-state index >= 15 is 0 Å². The summed E-state index contributed by atoms with van der Waals surface area (Å²) in [6, 6.07) is 21.6. The van der Waals surface area contributed by atoms with Crippen molar-refractivity contribution in [3.05, 3.63) is 82.4 Å². The van der Waals surface area contributed by atoms with Gasteiger partial charge >= 0.3 is 0 Å². The molecule has 2 heterocycles. The number of likely N-dealkylation sites (tertiary alicyclic amines) is 1. The Labute approximate surface area is 209 Å². The average molecular weight is 463 g/mol. The summed E-state index contributed by atoms with van der Waals surface area (Å²) in [6.45, 7) is 10.6. The van der Waals surface area contributed by atoms with E-state index < -0.39 is 0 Å². The van der Waals surface area contributed by atoms with Gasteiger partial charge in [0.05, 0.1) is 23.9 Å². The smallest absolute Gasteiger partial charge is 0.155 e. The van der Waals surface area contributed by atoms with Crippen molar-refractivity contribution in [3.8, 4) is 6.07 Å². The zero-order valence-electron chi connectivity index (χ0n) is 21.1. The number of amidine groups is 1. The van der Waals surface area contributed by atoms with E-state index in [9.17, 15) is 5.26 Å². The quantitative estimate of drug-likeness (QED) is 0.426. The first-order chi connectivity index (χ1) is 17.0. The molecule has 35 heavy (non-hydrogen) atoms.